The summed E-state index contributed by atoms with van der Waals surface area (Å²) in [6.07, 6.45) is 2.66. The molecule has 0 saturated heterocycles. The van der Waals surface area contributed by atoms with E-state index in [0.29, 0.717) is 5.92 Å². The van der Waals surface area contributed by atoms with E-state index in [1.807, 2.05) is 0 Å². The Morgan fingerprint density at radius 2 is 1.50 bits per heavy atom. The summed E-state index contributed by atoms with van der Waals surface area (Å²) in [5, 5.41) is 0. The van der Waals surface area contributed by atoms with Crippen molar-refractivity contribution in [3.63, 3.8) is 0 Å². The molecule has 0 bridgehead atoms. The molecule has 0 aliphatic rings. The molecule has 0 heteroatoms. The number of hydrogen-bond acceptors (Lipinski definition) is 0. The van der Waals surface area contributed by atoms with Crippen molar-refractivity contribution in [1.29, 1.82) is 0 Å². The number of aryl methyl sites for hydroxylation is 1. The quantitative estimate of drug-likeness (QED) is 0.594. The van der Waals surface area contributed by atoms with Gasteiger partial charge >= 0.3 is 0 Å². The molecule has 2 atom stereocenters. The zero-order valence-corrected chi connectivity index (χ0v) is 13.0. The fourth-order valence-corrected chi connectivity index (χ4v) is 3.10. The summed E-state index contributed by atoms with van der Waals surface area (Å²) >= 11 is 0. The molecule has 1 aromatic rings. The van der Waals surface area contributed by atoms with Crippen molar-refractivity contribution < 1.29 is 0 Å². The second kappa shape index (κ2) is 6.97. The minimum Gasteiger partial charge on any atom is -0.0628 e. The van der Waals surface area contributed by atoms with Gasteiger partial charge in [-0.3, -0.25) is 0 Å². The van der Waals surface area contributed by atoms with E-state index >= 15 is 0 Å². The number of hydrogen-bond donors (Lipinski definition) is 0. The smallest absolute Gasteiger partial charge is 0.0134 e. The van der Waals surface area contributed by atoms with Crippen LogP contribution in [0.1, 0.15) is 64.5 Å². The van der Waals surface area contributed by atoms with Gasteiger partial charge in [0.25, 0.3) is 0 Å². The van der Waals surface area contributed by atoms with Crippen LogP contribution in [-0.2, 0) is 0 Å². The Morgan fingerprint density at radius 1 is 0.889 bits per heavy atom. The second-order valence-corrected chi connectivity index (χ2v) is 6.68. The largest absolute Gasteiger partial charge is 0.0628 e. The van der Waals surface area contributed by atoms with Crippen LogP contribution in [0.2, 0.25) is 0 Å². The van der Waals surface area contributed by atoms with Crippen molar-refractivity contribution in [3.05, 3.63) is 35.4 Å². The van der Waals surface area contributed by atoms with E-state index in [9.17, 15) is 0 Å². The third-order valence-electron chi connectivity index (χ3n) is 3.92. The lowest BCUT2D eigenvalue weighted by atomic mass is 9.78. The maximum absolute atomic E-state index is 2.41. The van der Waals surface area contributed by atoms with Crippen molar-refractivity contribution in [1.82, 2.24) is 0 Å². The lowest BCUT2D eigenvalue weighted by Gasteiger charge is -2.27. The molecule has 0 aliphatic heterocycles. The van der Waals surface area contributed by atoms with Crippen LogP contribution in [0.25, 0.3) is 0 Å². The van der Waals surface area contributed by atoms with Crippen LogP contribution >= 0.6 is 0 Å². The van der Waals surface area contributed by atoms with Gasteiger partial charge in [0.15, 0.2) is 0 Å². The molecule has 0 fully saturated rings. The molecule has 0 amide bonds. The molecule has 1 rings (SSSR count). The minimum absolute atomic E-state index is 0.708. The molecule has 0 saturated carbocycles. The predicted molar refractivity (Wildman–Crippen MR) is 82.0 cm³/mol. The summed E-state index contributed by atoms with van der Waals surface area (Å²) in [4.78, 5) is 0. The first kappa shape index (κ1) is 15.3. The van der Waals surface area contributed by atoms with Gasteiger partial charge in [0.1, 0.15) is 0 Å². The van der Waals surface area contributed by atoms with Gasteiger partial charge in [0, 0.05) is 0 Å². The lowest BCUT2D eigenvalue weighted by Crippen LogP contribution is -2.13. The SMILES string of the molecule is Cc1ccccc1C(CC(C)CC(C)C)C(C)C. The van der Waals surface area contributed by atoms with Crippen molar-refractivity contribution in [2.45, 2.75) is 60.3 Å². The Balaban J connectivity index is 2.81. The van der Waals surface area contributed by atoms with Crippen LogP contribution in [0.15, 0.2) is 24.3 Å². The number of benzene rings is 1. The van der Waals surface area contributed by atoms with Crippen LogP contribution < -0.4 is 0 Å². The maximum atomic E-state index is 2.41. The maximum Gasteiger partial charge on any atom is -0.0134 e. The van der Waals surface area contributed by atoms with Crippen LogP contribution in [-0.4, -0.2) is 0 Å². The van der Waals surface area contributed by atoms with Gasteiger partial charge < -0.3 is 0 Å². The van der Waals surface area contributed by atoms with E-state index in [-0.39, 0.29) is 0 Å². The van der Waals surface area contributed by atoms with E-state index in [1.54, 1.807) is 5.56 Å². The molecule has 18 heavy (non-hydrogen) atoms. The lowest BCUT2D eigenvalue weighted by molar-refractivity contribution is 0.344. The van der Waals surface area contributed by atoms with Crippen molar-refractivity contribution in [3.8, 4) is 0 Å². The Hall–Kier alpha value is -0.780. The second-order valence-electron chi connectivity index (χ2n) is 6.68. The van der Waals surface area contributed by atoms with Crippen LogP contribution in [0.4, 0.5) is 0 Å². The summed E-state index contributed by atoms with van der Waals surface area (Å²) in [6, 6.07) is 8.90. The molecule has 0 nitrogen and oxygen atoms in total. The van der Waals surface area contributed by atoms with Gasteiger partial charge in [-0.25, -0.2) is 0 Å². The van der Waals surface area contributed by atoms with Gasteiger partial charge in [-0.05, 0) is 54.6 Å². The Bertz CT molecular complexity index is 349. The first-order valence-electron chi connectivity index (χ1n) is 7.47. The molecule has 0 N–H and O–H groups in total. The van der Waals surface area contributed by atoms with Gasteiger partial charge in [-0.2, -0.15) is 0 Å². The van der Waals surface area contributed by atoms with E-state index in [4.69, 9.17) is 0 Å². The van der Waals surface area contributed by atoms with Gasteiger partial charge in [-0.15, -0.1) is 0 Å². The van der Waals surface area contributed by atoms with Gasteiger partial charge in [0.2, 0.25) is 0 Å². The van der Waals surface area contributed by atoms with E-state index in [0.717, 1.165) is 17.8 Å². The summed E-state index contributed by atoms with van der Waals surface area (Å²) in [5.41, 5.74) is 3.01. The number of rotatable bonds is 6. The first-order valence-corrected chi connectivity index (χ1v) is 7.47. The summed E-state index contributed by atoms with van der Waals surface area (Å²) < 4.78 is 0. The topological polar surface area (TPSA) is 0 Å². The van der Waals surface area contributed by atoms with Crippen molar-refractivity contribution >= 4 is 0 Å². The van der Waals surface area contributed by atoms with E-state index in [1.165, 1.54) is 18.4 Å². The molecule has 0 aliphatic carbocycles. The van der Waals surface area contributed by atoms with Crippen molar-refractivity contribution in [2.24, 2.45) is 17.8 Å². The zero-order valence-electron chi connectivity index (χ0n) is 13.0. The normalized spacial score (nSPS) is 15.1. The summed E-state index contributed by atoms with van der Waals surface area (Å²) in [7, 11) is 0. The first-order chi connectivity index (χ1) is 8.41. The summed E-state index contributed by atoms with van der Waals surface area (Å²) in [5.74, 6) is 3.06. The highest BCUT2D eigenvalue weighted by molar-refractivity contribution is 5.29. The molecular formula is C18H30. The highest BCUT2D eigenvalue weighted by Gasteiger charge is 2.20. The molecule has 1 aromatic carbocycles. The summed E-state index contributed by atoms with van der Waals surface area (Å²) in [6.45, 7) is 14.0. The Morgan fingerprint density at radius 3 is 2.00 bits per heavy atom. The van der Waals surface area contributed by atoms with Crippen molar-refractivity contribution in [2.75, 3.05) is 0 Å². The fraction of sp³-hybridized carbons (Fsp3) is 0.667. The van der Waals surface area contributed by atoms with Crippen LogP contribution in [0, 0.1) is 24.7 Å². The molecule has 0 radical (unpaired) electrons. The Labute approximate surface area is 114 Å². The minimum atomic E-state index is 0.708. The average Bonchev–Trinajstić information content (AvgIpc) is 2.25. The Kier molecular flexibility index (Phi) is 5.91. The zero-order chi connectivity index (χ0) is 13.7. The van der Waals surface area contributed by atoms with E-state index in [2.05, 4.69) is 65.8 Å². The van der Waals surface area contributed by atoms with Gasteiger partial charge in [0.05, 0.1) is 0 Å². The highest BCUT2D eigenvalue weighted by Crippen LogP contribution is 2.34. The molecule has 102 valence electrons. The van der Waals surface area contributed by atoms with Crippen LogP contribution in [0.5, 0.6) is 0 Å². The molecule has 0 aromatic heterocycles. The highest BCUT2D eigenvalue weighted by atomic mass is 14.3. The molecule has 0 heterocycles. The van der Waals surface area contributed by atoms with E-state index < -0.39 is 0 Å². The molecule has 2 unspecified atom stereocenters. The van der Waals surface area contributed by atoms with Gasteiger partial charge in [-0.1, -0.05) is 58.9 Å². The third-order valence-corrected chi connectivity index (χ3v) is 3.92. The molecule has 0 spiro atoms. The van der Waals surface area contributed by atoms with Crippen LogP contribution in [0.3, 0.4) is 0 Å². The average molecular weight is 246 g/mol. The monoisotopic (exact) mass is 246 g/mol. The predicted octanol–water partition coefficient (Wildman–Crippen LogP) is 5.81. The standard InChI is InChI=1S/C18H30/c1-13(2)11-15(5)12-18(14(3)4)17-10-8-7-9-16(17)6/h7-10,13-15,18H,11-12H2,1-6H3. The fourth-order valence-electron chi connectivity index (χ4n) is 3.10. The molecular weight excluding hydrogens is 216 g/mol. The third kappa shape index (κ3) is 4.48.